The Labute approximate surface area is 316 Å². The van der Waals surface area contributed by atoms with Crippen molar-refractivity contribution in [2.45, 2.75) is 0 Å². The van der Waals surface area contributed by atoms with E-state index < -0.39 is 10.2 Å². The van der Waals surface area contributed by atoms with E-state index >= 15 is 0 Å². The SMILES string of the molecule is C1=Cc2nc1c(-c1ncc[nH]1)c1nc(c(-c3ccccc3)c3ccc([nH]3)c(-c3ccccc3)c3ccc([nH]3)c2-c2ccccc2)C=C1.[Fe+3].[O-][Cl+3]([O-])([O-])[O-]. The Kier molecular flexibility index (Phi) is 10.1. The number of nitrogens with one attached hydrogen (secondary N) is 3. The number of nitrogens with zero attached hydrogens (tertiary/aromatic N) is 3. The van der Waals surface area contributed by atoms with Gasteiger partial charge < -0.3 is 15.0 Å². The number of aromatic nitrogens is 6. The Balaban J connectivity index is 0.000000682. The molecule has 4 aromatic heterocycles. The van der Waals surface area contributed by atoms with Gasteiger partial charge in [-0.3, -0.25) is 0 Å². The second-order valence-corrected chi connectivity index (χ2v) is 12.7. The van der Waals surface area contributed by atoms with E-state index in [9.17, 15) is 0 Å². The minimum atomic E-state index is -4.94. The van der Waals surface area contributed by atoms with E-state index in [1.165, 1.54) is 0 Å². The first-order valence-corrected chi connectivity index (χ1v) is 17.5. The first-order chi connectivity index (χ1) is 25.3. The topological polar surface area (TPSA) is 178 Å². The van der Waals surface area contributed by atoms with Crippen LogP contribution in [0.1, 0.15) is 22.8 Å². The monoisotopic (exact) mass is 759 g/mol. The van der Waals surface area contributed by atoms with Gasteiger partial charge in [0.2, 0.25) is 0 Å². The van der Waals surface area contributed by atoms with Crippen molar-refractivity contribution in [3.05, 3.63) is 150 Å². The van der Waals surface area contributed by atoms with Gasteiger partial charge in [-0.1, -0.05) is 91.0 Å². The van der Waals surface area contributed by atoms with Crippen LogP contribution in [0, 0.1) is 10.2 Å². The zero-order chi connectivity index (χ0) is 35.7. The van der Waals surface area contributed by atoms with Gasteiger partial charge in [0.1, 0.15) is 5.82 Å². The molecule has 0 spiro atoms. The number of imidazole rings is 1. The molecule has 53 heavy (non-hydrogen) atoms. The van der Waals surface area contributed by atoms with E-state index in [1.807, 2.05) is 24.4 Å². The third-order valence-electron chi connectivity index (χ3n) is 8.68. The largest absolute Gasteiger partial charge is 3.00 e. The molecule has 3 aromatic carbocycles. The Morgan fingerprint density at radius 2 is 0.774 bits per heavy atom. The molecular weight excluding hydrogens is 732 g/mol. The maximum absolute atomic E-state index is 8.49. The first-order valence-electron chi connectivity index (χ1n) is 16.2. The van der Waals surface area contributed by atoms with Crippen LogP contribution in [0.25, 0.3) is 91.1 Å². The number of benzene rings is 3. The molecule has 10 nitrogen and oxygen atoms in total. The van der Waals surface area contributed by atoms with Gasteiger partial charge in [-0.25, -0.2) is 33.6 Å². The molecule has 7 aromatic rings. The summed E-state index contributed by atoms with van der Waals surface area (Å²) in [7, 11) is -4.94. The summed E-state index contributed by atoms with van der Waals surface area (Å²) in [5.74, 6) is 0.717. The Morgan fingerprint density at radius 1 is 0.434 bits per heavy atom. The van der Waals surface area contributed by atoms with Gasteiger partial charge >= 0.3 is 17.1 Å². The summed E-state index contributed by atoms with van der Waals surface area (Å²) in [6.07, 6.45) is 11.9. The van der Waals surface area contributed by atoms with Gasteiger partial charge in [-0.15, -0.1) is 10.2 Å². The predicted molar refractivity (Wildman–Crippen MR) is 193 cm³/mol. The van der Waals surface area contributed by atoms with Gasteiger partial charge in [-0.2, -0.15) is 0 Å². The normalized spacial score (nSPS) is 11.8. The molecule has 0 aliphatic carbocycles. The average molecular weight is 760 g/mol. The van der Waals surface area contributed by atoms with Crippen molar-refractivity contribution in [3.63, 3.8) is 0 Å². The molecule has 259 valence electrons. The fourth-order valence-electron chi connectivity index (χ4n) is 6.58. The minimum Gasteiger partial charge on any atom is -0.354 e. The second kappa shape index (κ2) is 15.0. The number of fused-ring (bicyclic) bond motifs is 8. The summed E-state index contributed by atoms with van der Waals surface area (Å²) in [5, 5.41) is 0. The van der Waals surface area contributed by atoms with E-state index in [4.69, 9.17) is 28.6 Å². The molecule has 9 rings (SSSR count). The molecule has 2 aliphatic heterocycles. The van der Waals surface area contributed by atoms with Crippen LogP contribution >= 0.6 is 0 Å². The molecule has 2 aliphatic rings. The first kappa shape index (κ1) is 35.5. The smallest absolute Gasteiger partial charge is 0.354 e. The molecule has 0 amide bonds. The maximum Gasteiger partial charge on any atom is 3.00 e. The number of hydrogen-bond donors (Lipinski definition) is 3. The fourth-order valence-corrected chi connectivity index (χ4v) is 6.58. The van der Waals surface area contributed by atoms with Gasteiger partial charge in [0, 0.05) is 51.2 Å². The van der Waals surface area contributed by atoms with Gasteiger partial charge in [0.15, 0.2) is 0 Å². The minimum absolute atomic E-state index is 0. The molecule has 0 unspecified atom stereocenters. The fraction of sp³-hybridized carbons (Fsp3) is 0. The van der Waals surface area contributed by atoms with Gasteiger partial charge in [-0.05, 0) is 65.3 Å². The van der Waals surface area contributed by atoms with Crippen molar-refractivity contribution in [2.75, 3.05) is 0 Å². The summed E-state index contributed by atoms with van der Waals surface area (Å²) < 4.78 is 34.0. The second-order valence-electron chi connectivity index (χ2n) is 11.9. The molecule has 12 heteroatoms. The van der Waals surface area contributed by atoms with E-state index in [0.29, 0.717) is 0 Å². The molecule has 0 atom stereocenters. The summed E-state index contributed by atoms with van der Waals surface area (Å²) in [6.45, 7) is 0. The molecule has 8 bridgehead atoms. The number of hydrogen-bond acceptors (Lipinski definition) is 7. The van der Waals surface area contributed by atoms with Crippen molar-refractivity contribution in [1.29, 1.82) is 0 Å². The Morgan fingerprint density at radius 3 is 1.13 bits per heavy atom. The Bertz CT molecular complexity index is 2470. The predicted octanol–water partition coefficient (Wildman–Crippen LogP) is 5.29. The average Bonchev–Trinajstić information content (AvgIpc) is 4.00. The molecule has 0 saturated heterocycles. The van der Waals surface area contributed by atoms with Crippen molar-refractivity contribution < 1.29 is 45.9 Å². The number of rotatable bonds is 4. The van der Waals surface area contributed by atoms with Crippen LogP contribution in [0.5, 0.6) is 0 Å². The van der Waals surface area contributed by atoms with Crippen LogP contribution in [-0.2, 0) is 17.1 Å². The van der Waals surface area contributed by atoms with Crippen LogP contribution in [0.3, 0.4) is 0 Å². The van der Waals surface area contributed by atoms with Crippen molar-refractivity contribution in [3.8, 4) is 44.8 Å². The molecule has 0 saturated carbocycles. The van der Waals surface area contributed by atoms with Gasteiger partial charge in [0.05, 0.1) is 28.3 Å². The summed E-state index contributed by atoms with van der Waals surface area (Å²) in [6, 6.07) is 40.0. The van der Waals surface area contributed by atoms with Crippen LogP contribution in [0.4, 0.5) is 0 Å². The van der Waals surface area contributed by atoms with Crippen molar-refractivity contribution >= 4 is 46.4 Å². The molecule has 3 N–H and O–H groups in total. The third kappa shape index (κ3) is 7.54. The van der Waals surface area contributed by atoms with Crippen molar-refractivity contribution in [1.82, 2.24) is 29.9 Å². The quantitative estimate of drug-likeness (QED) is 0.204. The number of H-pyrrole nitrogens is 3. The van der Waals surface area contributed by atoms with E-state index in [1.54, 1.807) is 6.20 Å². The summed E-state index contributed by atoms with van der Waals surface area (Å²) in [5.41, 5.74) is 14.5. The van der Waals surface area contributed by atoms with Crippen LogP contribution in [0.2, 0.25) is 0 Å². The molecular formula is C41H28ClFeN6O4+2. The van der Waals surface area contributed by atoms with Crippen LogP contribution in [-0.4, -0.2) is 29.9 Å². The standard InChI is InChI=1S/C41H28N6.ClHO4.Fe/c1-4-10-26(11-5-1)37-29-16-18-31(44-29)38(27-12-6-2-7-13-27)33-20-22-35(46-33)40(41-42-24-25-43-41)36-23-21-34(47-36)39(28-14-8-3-9-15-28)32-19-17-30(37)45-32;2-1(3,4)5;/h1-25,44-45H,(H,42,43);(H,2,3,4,5);/q;;+3/p-1. The third-order valence-corrected chi connectivity index (χ3v) is 8.68. The van der Waals surface area contributed by atoms with E-state index in [2.05, 4.69) is 141 Å². The maximum atomic E-state index is 8.49. The zero-order valence-electron chi connectivity index (χ0n) is 27.6. The number of halogens is 1. The molecule has 6 heterocycles. The molecule has 0 fully saturated rings. The molecule has 1 radical (unpaired) electrons. The number of aromatic amines is 3. The Hall–Kier alpha value is -5.88. The van der Waals surface area contributed by atoms with Gasteiger partial charge in [0.25, 0.3) is 0 Å². The summed E-state index contributed by atoms with van der Waals surface area (Å²) in [4.78, 5) is 26.1. The summed E-state index contributed by atoms with van der Waals surface area (Å²) >= 11 is 0. The van der Waals surface area contributed by atoms with E-state index in [-0.39, 0.29) is 17.1 Å². The van der Waals surface area contributed by atoms with Crippen LogP contribution in [0.15, 0.2) is 128 Å². The van der Waals surface area contributed by atoms with E-state index in [0.717, 1.165) is 89.6 Å². The zero-order valence-corrected chi connectivity index (χ0v) is 29.5. The van der Waals surface area contributed by atoms with Crippen molar-refractivity contribution in [2.24, 2.45) is 0 Å². The van der Waals surface area contributed by atoms with Crippen LogP contribution < -0.4 is 18.6 Å².